The van der Waals surface area contributed by atoms with Crippen LogP contribution >= 0.6 is 11.6 Å². The van der Waals surface area contributed by atoms with Crippen LogP contribution in [0.1, 0.15) is 49.1 Å². The third-order valence-electron chi connectivity index (χ3n) is 6.63. The van der Waals surface area contributed by atoms with Gasteiger partial charge in [-0.2, -0.15) is 0 Å². The molecule has 1 aliphatic heterocycles. The SMILES string of the molecule is COc1ccc(C2/C(=C(\O)c3cc(C(C)(C)C)ccc3OC)C(=O)C(=O)N2c2ccc(C)c(Cl)c2)cc1. The Kier molecular flexibility index (Phi) is 7.07. The van der Waals surface area contributed by atoms with E-state index in [9.17, 15) is 14.7 Å². The normalized spacial score (nSPS) is 17.3. The van der Waals surface area contributed by atoms with E-state index in [4.69, 9.17) is 21.1 Å². The maximum atomic E-state index is 13.5. The number of carbonyl (C=O) groups excluding carboxylic acids is 2. The van der Waals surface area contributed by atoms with Gasteiger partial charge in [0, 0.05) is 10.7 Å². The maximum Gasteiger partial charge on any atom is 0.300 e. The van der Waals surface area contributed by atoms with Crippen LogP contribution in [0.15, 0.2) is 66.2 Å². The summed E-state index contributed by atoms with van der Waals surface area (Å²) in [6.45, 7) is 8.01. The van der Waals surface area contributed by atoms with Crippen molar-refractivity contribution in [3.05, 3.63) is 93.5 Å². The number of rotatable bonds is 5. The molecule has 3 aromatic rings. The van der Waals surface area contributed by atoms with Gasteiger partial charge in [-0.05, 0) is 65.4 Å². The van der Waals surface area contributed by atoms with Crippen molar-refractivity contribution in [1.82, 2.24) is 0 Å². The molecule has 0 aliphatic carbocycles. The van der Waals surface area contributed by atoms with Crippen LogP contribution < -0.4 is 14.4 Å². The molecule has 1 atom stereocenters. The average Bonchev–Trinajstić information content (AvgIpc) is 3.14. The van der Waals surface area contributed by atoms with E-state index in [0.29, 0.717) is 33.3 Å². The van der Waals surface area contributed by atoms with Gasteiger partial charge in [-0.3, -0.25) is 14.5 Å². The molecule has 1 amide bonds. The standard InChI is InChI=1S/C30H30ClNO5/c1-17-7-11-20(16-23(17)31)32-26(18-8-12-21(36-5)13-9-18)25(28(34)29(32)35)27(33)22-15-19(30(2,3)4)10-14-24(22)37-6/h7-16,26,33H,1-6H3/b27-25+. The maximum absolute atomic E-state index is 13.5. The van der Waals surface area contributed by atoms with Crippen molar-refractivity contribution in [2.75, 3.05) is 19.1 Å². The molecule has 0 bridgehead atoms. The van der Waals surface area contributed by atoms with Crippen LogP contribution in [-0.4, -0.2) is 31.0 Å². The third-order valence-corrected chi connectivity index (χ3v) is 7.04. The number of ketones is 1. The molecule has 7 heteroatoms. The Bertz CT molecular complexity index is 1400. The molecular formula is C30H30ClNO5. The lowest BCUT2D eigenvalue weighted by Crippen LogP contribution is -2.29. The summed E-state index contributed by atoms with van der Waals surface area (Å²) in [6.07, 6.45) is 0. The van der Waals surface area contributed by atoms with E-state index in [1.807, 2.05) is 13.0 Å². The molecule has 1 saturated heterocycles. The first-order valence-corrected chi connectivity index (χ1v) is 12.3. The number of nitrogens with zero attached hydrogens (tertiary/aromatic N) is 1. The van der Waals surface area contributed by atoms with Crippen LogP contribution in [0.4, 0.5) is 5.69 Å². The van der Waals surface area contributed by atoms with Crippen molar-refractivity contribution in [2.24, 2.45) is 0 Å². The van der Waals surface area contributed by atoms with E-state index < -0.39 is 17.7 Å². The van der Waals surface area contributed by atoms with Gasteiger partial charge in [0.25, 0.3) is 11.7 Å². The molecular weight excluding hydrogens is 490 g/mol. The highest BCUT2D eigenvalue weighted by Crippen LogP contribution is 2.44. The first-order valence-electron chi connectivity index (χ1n) is 11.9. The molecule has 0 radical (unpaired) electrons. The minimum Gasteiger partial charge on any atom is -0.507 e. The van der Waals surface area contributed by atoms with Gasteiger partial charge in [-0.15, -0.1) is 0 Å². The average molecular weight is 520 g/mol. The number of ether oxygens (including phenoxy) is 2. The summed E-state index contributed by atoms with van der Waals surface area (Å²) in [7, 11) is 3.06. The molecule has 0 saturated carbocycles. The number of methoxy groups -OCH3 is 2. The van der Waals surface area contributed by atoms with Crippen LogP contribution in [0.25, 0.3) is 5.76 Å². The monoisotopic (exact) mass is 519 g/mol. The smallest absolute Gasteiger partial charge is 0.300 e. The summed E-state index contributed by atoms with van der Waals surface area (Å²) in [6, 6.07) is 16.8. The second-order valence-corrected chi connectivity index (χ2v) is 10.4. The Morgan fingerprint density at radius 3 is 2.19 bits per heavy atom. The largest absolute Gasteiger partial charge is 0.507 e. The van der Waals surface area contributed by atoms with Crippen LogP contribution in [0.3, 0.4) is 0 Å². The van der Waals surface area contributed by atoms with Crippen LogP contribution in [0, 0.1) is 6.92 Å². The summed E-state index contributed by atoms with van der Waals surface area (Å²) in [5, 5.41) is 12.1. The third kappa shape index (κ3) is 4.81. The predicted molar refractivity (Wildman–Crippen MR) is 146 cm³/mol. The lowest BCUT2D eigenvalue weighted by Gasteiger charge is -2.26. The summed E-state index contributed by atoms with van der Waals surface area (Å²) in [5.74, 6) is -0.837. The van der Waals surface area contributed by atoms with E-state index >= 15 is 0 Å². The molecule has 3 aromatic carbocycles. The number of anilines is 1. The Morgan fingerprint density at radius 1 is 0.946 bits per heavy atom. The number of amides is 1. The van der Waals surface area contributed by atoms with Crippen molar-refractivity contribution >= 4 is 34.7 Å². The van der Waals surface area contributed by atoms with Gasteiger partial charge < -0.3 is 14.6 Å². The number of aliphatic hydroxyl groups is 1. The minimum absolute atomic E-state index is 0.0313. The van der Waals surface area contributed by atoms with E-state index in [1.165, 1.54) is 12.0 Å². The molecule has 1 N–H and O–H groups in total. The number of aryl methyl sites for hydroxylation is 1. The first kappa shape index (κ1) is 26.3. The molecule has 1 fully saturated rings. The zero-order valence-corrected chi connectivity index (χ0v) is 22.5. The number of Topliss-reactive ketones (excluding diaryl/α,β-unsaturated/α-hetero) is 1. The molecule has 0 aromatic heterocycles. The Labute approximate surface area is 222 Å². The molecule has 192 valence electrons. The van der Waals surface area contributed by atoms with Gasteiger partial charge in [0.2, 0.25) is 0 Å². The zero-order valence-electron chi connectivity index (χ0n) is 21.8. The van der Waals surface area contributed by atoms with Gasteiger partial charge in [0.05, 0.1) is 31.4 Å². The lowest BCUT2D eigenvalue weighted by molar-refractivity contribution is -0.132. The summed E-state index contributed by atoms with van der Waals surface area (Å²) in [5.41, 5.74) is 2.95. The fourth-order valence-corrected chi connectivity index (χ4v) is 4.61. The Hall–Kier alpha value is -3.77. The molecule has 1 aliphatic rings. The summed E-state index contributed by atoms with van der Waals surface area (Å²) in [4.78, 5) is 28.4. The molecule has 4 rings (SSSR count). The van der Waals surface area contributed by atoms with Gasteiger partial charge in [0.1, 0.15) is 17.3 Å². The van der Waals surface area contributed by atoms with Crippen molar-refractivity contribution in [1.29, 1.82) is 0 Å². The van der Waals surface area contributed by atoms with E-state index in [0.717, 1.165) is 11.1 Å². The molecule has 6 nitrogen and oxygen atoms in total. The van der Waals surface area contributed by atoms with E-state index in [-0.39, 0.29) is 16.7 Å². The Morgan fingerprint density at radius 2 is 1.62 bits per heavy atom. The molecule has 1 heterocycles. The second kappa shape index (κ2) is 9.94. The topological polar surface area (TPSA) is 76.1 Å². The highest BCUT2D eigenvalue weighted by atomic mass is 35.5. The van der Waals surface area contributed by atoms with Crippen LogP contribution in [-0.2, 0) is 15.0 Å². The zero-order chi connectivity index (χ0) is 27.1. The van der Waals surface area contributed by atoms with Gasteiger partial charge in [0.15, 0.2) is 0 Å². The van der Waals surface area contributed by atoms with Gasteiger partial charge in [-0.25, -0.2) is 0 Å². The molecule has 37 heavy (non-hydrogen) atoms. The lowest BCUT2D eigenvalue weighted by atomic mass is 9.85. The van der Waals surface area contributed by atoms with Crippen LogP contribution in [0.5, 0.6) is 11.5 Å². The van der Waals surface area contributed by atoms with Crippen LogP contribution in [0.2, 0.25) is 5.02 Å². The number of benzene rings is 3. The summed E-state index contributed by atoms with van der Waals surface area (Å²) >= 11 is 6.39. The second-order valence-electron chi connectivity index (χ2n) is 10.0. The fraction of sp³-hybridized carbons (Fsp3) is 0.267. The highest BCUT2D eigenvalue weighted by molar-refractivity contribution is 6.52. The number of carbonyl (C=O) groups is 2. The van der Waals surface area contributed by atoms with Crippen molar-refractivity contribution in [3.8, 4) is 11.5 Å². The molecule has 0 spiro atoms. The minimum atomic E-state index is -0.896. The quantitative estimate of drug-likeness (QED) is 0.234. The summed E-state index contributed by atoms with van der Waals surface area (Å²) < 4.78 is 10.8. The number of hydrogen-bond acceptors (Lipinski definition) is 5. The number of hydrogen-bond donors (Lipinski definition) is 1. The predicted octanol–water partition coefficient (Wildman–Crippen LogP) is 6.59. The van der Waals surface area contributed by atoms with Gasteiger partial charge in [-0.1, -0.05) is 56.6 Å². The Balaban J connectivity index is 2.00. The fourth-order valence-electron chi connectivity index (χ4n) is 4.44. The van der Waals surface area contributed by atoms with Crippen molar-refractivity contribution < 1.29 is 24.2 Å². The van der Waals surface area contributed by atoms with E-state index in [1.54, 1.807) is 61.7 Å². The number of aliphatic hydroxyl groups excluding tert-OH is 1. The highest BCUT2D eigenvalue weighted by Gasteiger charge is 2.47. The van der Waals surface area contributed by atoms with Crippen molar-refractivity contribution in [3.63, 3.8) is 0 Å². The van der Waals surface area contributed by atoms with Gasteiger partial charge >= 0.3 is 0 Å². The van der Waals surface area contributed by atoms with Crippen molar-refractivity contribution in [2.45, 2.75) is 39.2 Å². The first-order chi connectivity index (χ1) is 17.5. The molecule has 1 unspecified atom stereocenters. The van der Waals surface area contributed by atoms with E-state index in [2.05, 4.69) is 20.8 Å². The number of halogens is 1.